The Bertz CT molecular complexity index is 276. The zero-order valence-corrected chi connectivity index (χ0v) is 11.9. The molecule has 3 nitrogen and oxygen atoms in total. The summed E-state index contributed by atoms with van der Waals surface area (Å²) < 4.78 is 5.23. The minimum atomic E-state index is 0.165. The fourth-order valence-corrected chi connectivity index (χ4v) is 3.18. The van der Waals surface area contributed by atoms with E-state index in [4.69, 9.17) is 4.74 Å². The Labute approximate surface area is 111 Å². The van der Waals surface area contributed by atoms with Gasteiger partial charge in [-0.05, 0) is 38.5 Å². The van der Waals surface area contributed by atoms with Crippen molar-refractivity contribution in [3.63, 3.8) is 0 Å². The van der Waals surface area contributed by atoms with Gasteiger partial charge in [0.05, 0.1) is 12.6 Å². The molecule has 2 saturated carbocycles. The first-order chi connectivity index (χ1) is 8.74. The van der Waals surface area contributed by atoms with Gasteiger partial charge in [0.25, 0.3) is 0 Å². The average molecular weight is 253 g/mol. The van der Waals surface area contributed by atoms with Gasteiger partial charge in [0.15, 0.2) is 0 Å². The molecule has 2 rings (SSSR count). The van der Waals surface area contributed by atoms with Gasteiger partial charge in [-0.1, -0.05) is 12.8 Å². The zero-order valence-electron chi connectivity index (χ0n) is 11.9. The van der Waals surface area contributed by atoms with E-state index in [-0.39, 0.29) is 6.04 Å². The molecule has 2 unspecified atom stereocenters. The summed E-state index contributed by atoms with van der Waals surface area (Å²) in [5.41, 5.74) is 0. The van der Waals surface area contributed by atoms with Crippen LogP contribution in [-0.4, -0.2) is 43.0 Å². The first-order valence-corrected chi connectivity index (χ1v) is 7.51. The molecule has 2 aliphatic carbocycles. The van der Waals surface area contributed by atoms with Gasteiger partial charge < -0.3 is 4.74 Å². The zero-order chi connectivity index (χ0) is 13.0. The summed E-state index contributed by atoms with van der Waals surface area (Å²) in [4.78, 5) is 14.7. The molecule has 0 saturated heterocycles. The van der Waals surface area contributed by atoms with Crippen molar-refractivity contribution in [3.05, 3.63) is 0 Å². The van der Waals surface area contributed by atoms with Crippen LogP contribution in [0, 0.1) is 5.92 Å². The maximum Gasteiger partial charge on any atom is 0.149 e. The van der Waals surface area contributed by atoms with Gasteiger partial charge in [0, 0.05) is 26.1 Å². The van der Waals surface area contributed by atoms with Crippen LogP contribution in [0.15, 0.2) is 0 Å². The van der Waals surface area contributed by atoms with Crippen LogP contribution in [0.5, 0.6) is 0 Å². The molecule has 0 amide bonds. The van der Waals surface area contributed by atoms with Gasteiger partial charge in [0.1, 0.15) is 5.78 Å². The van der Waals surface area contributed by atoms with Crippen molar-refractivity contribution in [1.29, 1.82) is 0 Å². The van der Waals surface area contributed by atoms with E-state index in [0.29, 0.717) is 11.8 Å². The normalized spacial score (nSPS) is 27.3. The Kier molecular flexibility index (Phi) is 5.19. The highest BCUT2D eigenvalue weighted by atomic mass is 16.5. The van der Waals surface area contributed by atoms with Gasteiger partial charge in [0.2, 0.25) is 0 Å². The lowest BCUT2D eigenvalue weighted by Crippen LogP contribution is -2.48. The van der Waals surface area contributed by atoms with E-state index < -0.39 is 0 Å². The third-order valence-corrected chi connectivity index (χ3v) is 4.55. The molecular weight excluding hydrogens is 226 g/mol. The number of rotatable bonds is 6. The maximum absolute atomic E-state index is 12.3. The summed E-state index contributed by atoms with van der Waals surface area (Å²) in [5.74, 6) is 1.29. The van der Waals surface area contributed by atoms with Crippen molar-refractivity contribution in [1.82, 2.24) is 4.90 Å². The molecule has 2 fully saturated rings. The number of carbonyl (C=O) groups is 1. The fourth-order valence-electron chi connectivity index (χ4n) is 3.18. The van der Waals surface area contributed by atoms with E-state index in [9.17, 15) is 4.79 Å². The van der Waals surface area contributed by atoms with Crippen LogP contribution in [-0.2, 0) is 9.53 Å². The Balaban J connectivity index is 2.02. The Morgan fingerprint density at radius 3 is 2.72 bits per heavy atom. The first-order valence-electron chi connectivity index (χ1n) is 7.51. The number of ketones is 1. The maximum atomic E-state index is 12.3. The second-order valence-corrected chi connectivity index (χ2v) is 5.89. The van der Waals surface area contributed by atoms with Gasteiger partial charge in [-0.3, -0.25) is 9.69 Å². The number of ether oxygens (including phenoxy) is 1. The lowest BCUT2D eigenvalue weighted by Gasteiger charge is -2.35. The summed E-state index contributed by atoms with van der Waals surface area (Å²) in [6, 6.07) is 0.713. The molecule has 18 heavy (non-hydrogen) atoms. The Morgan fingerprint density at radius 2 is 2.06 bits per heavy atom. The molecule has 3 heteroatoms. The third-order valence-electron chi connectivity index (χ3n) is 4.55. The molecular formula is C15H27NO2. The minimum absolute atomic E-state index is 0.165. The summed E-state index contributed by atoms with van der Waals surface area (Å²) >= 11 is 0. The van der Waals surface area contributed by atoms with Crippen LogP contribution in [0.25, 0.3) is 0 Å². The van der Waals surface area contributed by atoms with Crippen molar-refractivity contribution in [3.8, 4) is 0 Å². The van der Waals surface area contributed by atoms with Crippen molar-refractivity contribution in [2.24, 2.45) is 5.92 Å². The highest BCUT2D eigenvalue weighted by molar-refractivity contribution is 5.84. The predicted molar refractivity (Wildman–Crippen MR) is 72.6 cm³/mol. The second kappa shape index (κ2) is 6.67. The van der Waals surface area contributed by atoms with Crippen LogP contribution < -0.4 is 0 Å². The SMILES string of the molecule is COCCN(C1CCCCCC1=O)C(C)C1CC1. The number of methoxy groups -OCH3 is 1. The smallest absolute Gasteiger partial charge is 0.149 e. The molecule has 0 aliphatic heterocycles. The van der Waals surface area contributed by atoms with Crippen molar-refractivity contribution >= 4 is 5.78 Å². The molecule has 0 bridgehead atoms. The average Bonchev–Trinajstić information content (AvgIpc) is 3.18. The second-order valence-electron chi connectivity index (χ2n) is 5.89. The highest BCUT2D eigenvalue weighted by Crippen LogP contribution is 2.36. The fraction of sp³-hybridized carbons (Fsp3) is 0.933. The van der Waals surface area contributed by atoms with Crippen molar-refractivity contribution < 1.29 is 9.53 Å². The molecule has 0 radical (unpaired) electrons. The van der Waals surface area contributed by atoms with E-state index in [1.165, 1.54) is 25.7 Å². The third kappa shape index (κ3) is 3.55. The molecule has 0 heterocycles. The van der Waals surface area contributed by atoms with Crippen LogP contribution in [0.1, 0.15) is 51.9 Å². The number of hydrogen-bond acceptors (Lipinski definition) is 3. The Morgan fingerprint density at radius 1 is 1.28 bits per heavy atom. The standard InChI is InChI=1S/C15H27NO2/c1-12(13-8-9-13)16(10-11-18-2)14-6-4-3-5-7-15(14)17/h12-14H,3-11H2,1-2H3. The summed E-state index contributed by atoms with van der Waals surface area (Å²) in [5, 5.41) is 0. The number of Topliss-reactive ketones (excluding diaryl/α,β-unsaturated/α-hetero) is 1. The lowest BCUT2D eigenvalue weighted by molar-refractivity contribution is -0.125. The molecule has 0 aromatic heterocycles. The van der Waals surface area contributed by atoms with Gasteiger partial charge in [-0.2, -0.15) is 0 Å². The van der Waals surface area contributed by atoms with E-state index in [1.54, 1.807) is 7.11 Å². The first kappa shape index (κ1) is 14.0. The molecule has 0 spiro atoms. The summed E-state index contributed by atoms with van der Waals surface area (Å²) in [7, 11) is 1.74. The molecule has 0 aromatic rings. The number of nitrogens with zero attached hydrogens (tertiary/aromatic N) is 1. The monoisotopic (exact) mass is 253 g/mol. The highest BCUT2D eigenvalue weighted by Gasteiger charge is 2.37. The molecule has 0 N–H and O–H groups in total. The molecule has 2 aliphatic rings. The van der Waals surface area contributed by atoms with Gasteiger partial charge in [-0.25, -0.2) is 0 Å². The van der Waals surface area contributed by atoms with Crippen molar-refractivity contribution in [2.75, 3.05) is 20.3 Å². The lowest BCUT2D eigenvalue weighted by atomic mass is 10.0. The van der Waals surface area contributed by atoms with Gasteiger partial charge >= 0.3 is 0 Å². The number of hydrogen-bond donors (Lipinski definition) is 0. The van der Waals surface area contributed by atoms with E-state index in [2.05, 4.69) is 11.8 Å². The van der Waals surface area contributed by atoms with Crippen LogP contribution in [0.2, 0.25) is 0 Å². The van der Waals surface area contributed by atoms with Crippen LogP contribution in [0.4, 0.5) is 0 Å². The summed E-state index contributed by atoms with van der Waals surface area (Å²) in [6.07, 6.45) is 8.03. The topological polar surface area (TPSA) is 29.5 Å². The van der Waals surface area contributed by atoms with E-state index >= 15 is 0 Å². The predicted octanol–water partition coefficient (Wildman–Crippen LogP) is 2.64. The van der Waals surface area contributed by atoms with Crippen LogP contribution >= 0.6 is 0 Å². The number of carbonyl (C=O) groups excluding carboxylic acids is 1. The van der Waals surface area contributed by atoms with Crippen molar-refractivity contribution in [2.45, 2.75) is 64.0 Å². The molecule has 104 valence electrons. The quantitative estimate of drug-likeness (QED) is 0.682. The Hall–Kier alpha value is -0.410. The molecule has 0 aromatic carbocycles. The molecule has 2 atom stereocenters. The van der Waals surface area contributed by atoms with E-state index in [1.807, 2.05) is 0 Å². The largest absolute Gasteiger partial charge is 0.383 e. The van der Waals surface area contributed by atoms with Crippen LogP contribution in [0.3, 0.4) is 0 Å². The van der Waals surface area contributed by atoms with Gasteiger partial charge in [-0.15, -0.1) is 0 Å². The van der Waals surface area contributed by atoms with E-state index in [0.717, 1.165) is 38.3 Å². The minimum Gasteiger partial charge on any atom is -0.383 e. The summed E-state index contributed by atoms with van der Waals surface area (Å²) in [6.45, 7) is 3.94.